The van der Waals surface area contributed by atoms with Gasteiger partial charge in [0.1, 0.15) is 4.21 Å². The van der Waals surface area contributed by atoms with Crippen LogP contribution in [0.2, 0.25) is 0 Å². The Kier molecular flexibility index (Phi) is 6.35. The van der Waals surface area contributed by atoms with Crippen molar-refractivity contribution in [2.24, 2.45) is 5.92 Å². The average Bonchev–Trinajstić information content (AvgIpc) is 3.39. The van der Waals surface area contributed by atoms with E-state index in [4.69, 9.17) is 14.0 Å². The Morgan fingerprint density at radius 2 is 2.21 bits per heavy atom. The zero-order chi connectivity index (χ0) is 20.3. The van der Waals surface area contributed by atoms with Crippen molar-refractivity contribution in [3.05, 3.63) is 29.2 Å². The number of methoxy groups -OCH3 is 1. The first kappa shape index (κ1) is 20.9. The molecule has 29 heavy (non-hydrogen) atoms. The Bertz CT molecular complexity index is 889. The summed E-state index contributed by atoms with van der Waals surface area (Å²) in [4.78, 5) is 4.46. The summed E-state index contributed by atoms with van der Waals surface area (Å²) in [5.41, 5.74) is -0.247. The normalized spacial score (nSPS) is 22.9. The standard InChI is InChI=1S/C19H27N3O5S2/c1-25-10-5-16-20-17(27-21-16)13-15-4-11-26-19(14-15)6-8-22(9-7-19)29(23,24)18-3-2-12-28-18/h2-3,12,15H,4-11,13-14H2,1H3. The molecule has 0 bridgehead atoms. The van der Waals surface area contributed by atoms with Gasteiger partial charge in [0.25, 0.3) is 10.0 Å². The van der Waals surface area contributed by atoms with E-state index >= 15 is 0 Å². The van der Waals surface area contributed by atoms with E-state index in [1.54, 1.807) is 28.9 Å². The number of hydrogen-bond donors (Lipinski definition) is 0. The fourth-order valence-electron chi connectivity index (χ4n) is 4.24. The van der Waals surface area contributed by atoms with Gasteiger partial charge < -0.3 is 14.0 Å². The summed E-state index contributed by atoms with van der Waals surface area (Å²) in [5, 5.41) is 5.81. The SMILES string of the molecule is COCCc1noc(CC2CCOC3(CCN(S(=O)(=O)c4cccs4)CC3)C2)n1. The number of rotatable bonds is 7. The highest BCUT2D eigenvalue weighted by Gasteiger charge is 2.43. The molecule has 10 heteroatoms. The van der Waals surface area contributed by atoms with Crippen LogP contribution in [-0.2, 0) is 32.3 Å². The fourth-order valence-corrected chi connectivity index (χ4v) is 6.82. The molecule has 0 N–H and O–H groups in total. The molecule has 2 aliphatic rings. The number of aromatic nitrogens is 2. The lowest BCUT2D eigenvalue weighted by Gasteiger charge is -2.45. The van der Waals surface area contributed by atoms with Crippen LogP contribution >= 0.6 is 11.3 Å². The lowest BCUT2D eigenvalue weighted by molar-refractivity contribution is -0.121. The van der Waals surface area contributed by atoms with E-state index < -0.39 is 10.0 Å². The maximum absolute atomic E-state index is 12.8. The largest absolute Gasteiger partial charge is 0.384 e. The van der Waals surface area contributed by atoms with E-state index in [-0.39, 0.29) is 5.60 Å². The van der Waals surface area contributed by atoms with E-state index in [0.717, 1.165) is 32.1 Å². The van der Waals surface area contributed by atoms with Crippen molar-refractivity contribution in [3.63, 3.8) is 0 Å². The summed E-state index contributed by atoms with van der Waals surface area (Å²) in [6.45, 7) is 2.25. The molecule has 160 valence electrons. The number of piperidine rings is 1. The lowest BCUT2D eigenvalue weighted by atomic mass is 9.79. The number of thiophene rings is 1. The number of ether oxygens (including phenoxy) is 2. The van der Waals surface area contributed by atoms with Crippen molar-refractivity contribution >= 4 is 21.4 Å². The number of sulfonamides is 1. The molecule has 2 aromatic rings. The molecule has 0 amide bonds. The molecule has 2 saturated heterocycles. The van der Waals surface area contributed by atoms with Crippen LogP contribution in [-0.4, -0.2) is 61.9 Å². The first-order valence-electron chi connectivity index (χ1n) is 9.99. The highest BCUT2D eigenvalue weighted by Crippen LogP contribution is 2.40. The second-order valence-electron chi connectivity index (χ2n) is 7.78. The molecule has 0 aromatic carbocycles. The summed E-state index contributed by atoms with van der Waals surface area (Å²) < 4.78 is 44.2. The molecule has 1 spiro atoms. The van der Waals surface area contributed by atoms with Gasteiger partial charge in [-0.3, -0.25) is 0 Å². The van der Waals surface area contributed by atoms with Gasteiger partial charge in [0.15, 0.2) is 5.82 Å². The van der Waals surface area contributed by atoms with Gasteiger partial charge in [-0.05, 0) is 43.0 Å². The number of nitrogens with zero attached hydrogens (tertiary/aromatic N) is 3. The van der Waals surface area contributed by atoms with Gasteiger partial charge >= 0.3 is 0 Å². The monoisotopic (exact) mass is 441 g/mol. The smallest absolute Gasteiger partial charge is 0.252 e. The maximum atomic E-state index is 12.8. The summed E-state index contributed by atoms with van der Waals surface area (Å²) in [5.74, 6) is 1.74. The van der Waals surface area contributed by atoms with E-state index in [9.17, 15) is 8.42 Å². The van der Waals surface area contributed by atoms with Crippen molar-refractivity contribution in [2.75, 3.05) is 33.4 Å². The molecule has 1 unspecified atom stereocenters. The molecule has 4 rings (SSSR count). The van der Waals surface area contributed by atoms with E-state index in [1.165, 1.54) is 11.3 Å². The summed E-state index contributed by atoms with van der Waals surface area (Å²) in [6, 6.07) is 3.44. The number of hydrogen-bond acceptors (Lipinski definition) is 8. The minimum atomic E-state index is -3.39. The highest BCUT2D eigenvalue weighted by atomic mass is 32.2. The Labute approximate surface area is 175 Å². The predicted molar refractivity (Wildman–Crippen MR) is 107 cm³/mol. The molecule has 8 nitrogen and oxygen atoms in total. The first-order valence-corrected chi connectivity index (χ1v) is 12.3. The Morgan fingerprint density at radius 1 is 1.38 bits per heavy atom. The van der Waals surface area contributed by atoms with Gasteiger partial charge in [-0.1, -0.05) is 11.2 Å². The molecule has 0 aliphatic carbocycles. The van der Waals surface area contributed by atoms with Crippen molar-refractivity contribution in [2.45, 2.75) is 48.3 Å². The molecular formula is C19H27N3O5S2. The average molecular weight is 442 g/mol. The molecule has 2 aromatic heterocycles. The second-order valence-corrected chi connectivity index (χ2v) is 10.9. The van der Waals surface area contributed by atoms with Gasteiger partial charge in [0.2, 0.25) is 5.89 Å². The van der Waals surface area contributed by atoms with Crippen LogP contribution in [0.5, 0.6) is 0 Å². The fraction of sp³-hybridized carbons (Fsp3) is 0.684. The minimum absolute atomic E-state index is 0.247. The van der Waals surface area contributed by atoms with Crippen LogP contribution in [0.4, 0.5) is 0 Å². The first-order chi connectivity index (χ1) is 14.0. The quantitative estimate of drug-likeness (QED) is 0.651. The van der Waals surface area contributed by atoms with E-state index in [1.807, 2.05) is 0 Å². The molecular weight excluding hydrogens is 414 g/mol. The Balaban J connectivity index is 1.34. The van der Waals surface area contributed by atoms with Crippen LogP contribution in [0.1, 0.15) is 37.4 Å². The highest BCUT2D eigenvalue weighted by molar-refractivity contribution is 7.91. The minimum Gasteiger partial charge on any atom is -0.384 e. The zero-order valence-electron chi connectivity index (χ0n) is 16.6. The molecule has 1 atom stereocenters. The van der Waals surface area contributed by atoms with Crippen LogP contribution in [0.15, 0.2) is 26.2 Å². The van der Waals surface area contributed by atoms with E-state index in [0.29, 0.717) is 54.6 Å². The molecule has 2 aliphatic heterocycles. The Morgan fingerprint density at radius 3 is 2.93 bits per heavy atom. The molecule has 2 fully saturated rings. The van der Waals surface area contributed by atoms with Gasteiger partial charge in [-0.2, -0.15) is 9.29 Å². The van der Waals surface area contributed by atoms with Gasteiger partial charge in [-0.25, -0.2) is 8.42 Å². The van der Waals surface area contributed by atoms with Gasteiger partial charge in [0.05, 0.1) is 12.2 Å². The van der Waals surface area contributed by atoms with Crippen LogP contribution < -0.4 is 0 Å². The van der Waals surface area contributed by atoms with Crippen molar-refractivity contribution < 1.29 is 22.4 Å². The third kappa shape index (κ3) is 4.72. The van der Waals surface area contributed by atoms with Gasteiger partial charge in [0, 0.05) is 39.6 Å². The van der Waals surface area contributed by atoms with Crippen LogP contribution in [0.3, 0.4) is 0 Å². The summed E-state index contributed by atoms with van der Waals surface area (Å²) in [6.07, 6.45) is 4.67. The van der Waals surface area contributed by atoms with Crippen LogP contribution in [0.25, 0.3) is 0 Å². The van der Waals surface area contributed by atoms with E-state index in [2.05, 4.69) is 10.1 Å². The van der Waals surface area contributed by atoms with Gasteiger partial charge in [-0.15, -0.1) is 11.3 Å². The van der Waals surface area contributed by atoms with Crippen molar-refractivity contribution in [1.29, 1.82) is 0 Å². The zero-order valence-corrected chi connectivity index (χ0v) is 18.2. The third-order valence-corrected chi connectivity index (χ3v) is 9.09. The molecule has 0 saturated carbocycles. The Hall–Kier alpha value is -1.33. The predicted octanol–water partition coefficient (Wildman–Crippen LogP) is 2.51. The summed E-state index contributed by atoms with van der Waals surface area (Å²) in [7, 11) is -1.74. The summed E-state index contributed by atoms with van der Waals surface area (Å²) >= 11 is 1.27. The third-order valence-electron chi connectivity index (χ3n) is 5.82. The van der Waals surface area contributed by atoms with Crippen molar-refractivity contribution in [1.82, 2.24) is 14.4 Å². The lowest BCUT2D eigenvalue weighted by Crippen LogP contribution is -2.50. The topological polar surface area (TPSA) is 94.8 Å². The second kappa shape index (κ2) is 8.81. The van der Waals surface area contributed by atoms with Crippen molar-refractivity contribution in [3.8, 4) is 0 Å². The van der Waals surface area contributed by atoms with Crippen LogP contribution in [0, 0.1) is 5.92 Å². The maximum Gasteiger partial charge on any atom is 0.252 e. The molecule has 0 radical (unpaired) electrons. The molecule has 4 heterocycles.